The summed E-state index contributed by atoms with van der Waals surface area (Å²) in [5, 5.41) is 16.3. The lowest BCUT2D eigenvalue weighted by Gasteiger charge is -2.15. The first-order chi connectivity index (χ1) is 13.0. The predicted octanol–water partition coefficient (Wildman–Crippen LogP) is 3.62. The first-order valence-electron chi connectivity index (χ1n) is 8.94. The maximum absolute atomic E-state index is 12.0. The Bertz CT molecular complexity index is 1030. The molecular weight excluding hydrogens is 360 g/mol. The van der Waals surface area contributed by atoms with Crippen LogP contribution in [0.5, 0.6) is 0 Å². The molecule has 1 aliphatic rings. The zero-order chi connectivity index (χ0) is 19.0. The van der Waals surface area contributed by atoms with Crippen molar-refractivity contribution in [1.29, 1.82) is 5.26 Å². The Hall–Kier alpha value is -2.85. The fourth-order valence-electron chi connectivity index (χ4n) is 3.72. The van der Waals surface area contributed by atoms with E-state index in [-0.39, 0.29) is 18.2 Å². The predicted molar refractivity (Wildman–Crippen MR) is 104 cm³/mol. The van der Waals surface area contributed by atoms with Gasteiger partial charge < -0.3 is 14.6 Å². The number of hydrogen-bond acceptors (Lipinski definition) is 5. The van der Waals surface area contributed by atoms with Crippen molar-refractivity contribution >= 4 is 28.3 Å². The van der Waals surface area contributed by atoms with E-state index in [4.69, 9.17) is 4.74 Å². The minimum absolute atomic E-state index is 0.000985. The van der Waals surface area contributed by atoms with Crippen molar-refractivity contribution in [3.63, 3.8) is 0 Å². The van der Waals surface area contributed by atoms with Gasteiger partial charge in [-0.05, 0) is 44.0 Å². The Morgan fingerprint density at radius 3 is 3.04 bits per heavy atom. The van der Waals surface area contributed by atoms with Gasteiger partial charge in [0.05, 0.1) is 24.3 Å². The van der Waals surface area contributed by atoms with Crippen molar-refractivity contribution in [3.05, 3.63) is 51.6 Å². The molecule has 1 amide bonds. The van der Waals surface area contributed by atoms with E-state index in [1.165, 1.54) is 11.3 Å². The van der Waals surface area contributed by atoms with E-state index in [0.717, 1.165) is 28.8 Å². The lowest BCUT2D eigenvalue weighted by molar-refractivity contribution is 0.112. The molecule has 2 heterocycles. The SMILES string of the molecule is CC(C)OC(=O)NC1Cc2c(n(Cc3nccs3)c3ccc(C#N)cc23)C1. The molecule has 0 spiro atoms. The van der Waals surface area contributed by atoms with E-state index in [2.05, 4.69) is 20.9 Å². The van der Waals surface area contributed by atoms with Gasteiger partial charge in [-0.25, -0.2) is 9.78 Å². The molecule has 1 aliphatic carbocycles. The van der Waals surface area contributed by atoms with E-state index in [0.29, 0.717) is 12.1 Å². The molecule has 1 atom stereocenters. The van der Waals surface area contributed by atoms with E-state index >= 15 is 0 Å². The number of fused-ring (bicyclic) bond motifs is 3. The monoisotopic (exact) mass is 380 g/mol. The summed E-state index contributed by atoms with van der Waals surface area (Å²) in [6.07, 6.45) is 2.76. The van der Waals surface area contributed by atoms with Gasteiger partial charge in [0.15, 0.2) is 0 Å². The summed E-state index contributed by atoms with van der Waals surface area (Å²) in [6.45, 7) is 4.36. The molecule has 4 rings (SSSR count). The molecule has 1 aromatic carbocycles. The van der Waals surface area contributed by atoms with E-state index in [9.17, 15) is 10.1 Å². The minimum Gasteiger partial charge on any atom is -0.447 e. The molecule has 0 fully saturated rings. The van der Waals surface area contributed by atoms with Crippen molar-refractivity contribution in [2.45, 2.75) is 45.4 Å². The molecule has 0 bridgehead atoms. The van der Waals surface area contributed by atoms with E-state index < -0.39 is 0 Å². The van der Waals surface area contributed by atoms with Crippen LogP contribution >= 0.6 is 11.3 Å². The molecule has 1 N–H and O–H groups in total. The number of aromatic nitrogens is 2. The lowest BCUT2D eigenvalue weighted by atomic mass is 10.1. The number of hydrogen-bond donors (Lipinski definition) is 1. The third kappa shape index (κ3) is 3.40. The molecule has 6 nitrogen and oxygen atoms in total. The van der Waals surface area contributed by atoms with Gasteiger partial charge in [-0.2, -0.15) is 5.26 Å². The Morgan fingerprint density at radius 2 is 2.33 bits per heavy atom. The van der Waals surface area contributed by atoms with Gasteiger partial charge >= 0.3 is 6.09 Å². The molecular formula is C20H20N4O2S. The molecule has 27 heavy (non-hydrogen) atoms. The normalized spacial score (nSPS) is 15.7. The summed E-state index contributed by atoms with van der Waals surface area (Å²) in [5.74, 6) is 0. The minimum atomic E-state index is -0.381. The molecule has 138 valence electrons. The smallest absolute Gasteiger partial charge is 0.407 e. The zero-order valence-corrected chi connectivity index (χ0v) is 16.0. The molecule has 0 saturated carbocycles. The highest BCUT2D eigenvalue weighted by atomic mass is 32.1. The number of ether oxygens (including phenoxy) is 1. The Kier molecular flexibility index (Phi) is 4.58. The van der Waals surface area contributed by atoms with Crippen LogP contribution in [0.15, 0.2) is 29.8 Å². The van der Waals surface area contributed by atoms with Gasteiger partial charge in [0.1, 0.15) is 5.01 Å². The van der Waals surface area contributed by atoms with Crippen LogP contribution in [0.4, 0.5) is 4.79 Å². The number of thiazole rings is 1. The quantitative estimate of drug-likeness (QED) is 0.750. The van der Waals surface area contributed by atoms with Gasteiger partial charge in [-0.15, -0.1) is 11.3 Å². The van der Waals surface area contributed by atoms with Gasteiger partial charge in [0.2, 0.25) is 0 Å². The average Bonchev–Trinajstić information content (AvgIpc) is 3.32. The molecule has 2 aromatic heterocycles. The summed E-state index contributed by atoms with van der Waals surface area (Å²) >= 11 is 1.63. The third-order valence-corrected chi connectivity index (χ3v) is 5.51. The van der Waals surface area contributed by atoms with Crippen LogP contribution in [0.25, 0.3) is 10.9 Å². The van der Waals surface area contributed by atoms with Crippen molar-refractivity contribution in [3.8, 4) is 6.07 Å². The summed E-state index contributed by atoms with van der Waals surface area (Å²) in [4.78, 5) is 16.4. The second-order valence-corrected chi connectivity index (χ2v) is 7.96. The molecule has 1 unspecified atom stereocenters. The number of carbonyl (C=O) groups excluding carboxylic acids is 1. The van der Waals surface area contributed by atoms with Gasteiger partial charge in [0.25, 0.3) is 0 Å². The van der Waals surface area contributed by atoms with Gasteiger partial charge in [-0.3, -0.25) is 0 Å². The van der Waals surface area contributed by atoms with Crippen molar-refractivity contribution in [2.24, 2.45) is 0 Å². The average molecular weight is 380 g/mol. The first-order valence-corrected chi connectivity index (χ1v) is 9.82. The maximum Gasteiger partial charge on any atom is 0.407 e. The Labute approximate surface area is 161 Å². The maximum atomic E-state index is 12.0. The fourth-order valence-corrected chi connectivity index (χ4v) is 4.33. The zero-order valence-electron chi connectivity index (χ0n) is 15.2. The number of rotatable bonds is 4. The van der Waals surface area contributed by atoms with Crippen molar-refractivity contribution < 1.29 is 9.53 Å². The van der Waals surface area contributed by atoms with Crippen LogP contribution in [0.3, 0.4) is 0 Å². The standard InChI is InChI=1S/C20H20N4O2S/c1-12(2)26-20(25)23-14-8-16-15-7-13(10-21)3-4-17(15)24(18(16)9-14)11-19-22-5-6-27-19/h3-7,12,14H,8-9,11H2,1-2H3,(H,23,25). The molecule has 7 heteroatoms. The number of nitrogens with zero attached hydrogens (tertiary/aromatic N) is 3. The molecule has 0 aliphatic heterocycles. The second-order valence-electron chi connectivity index (χ2n) is 6.98. The summed E-state index contributed by atoms with van der Waals surface area (Å²) < 4.78 is 7.48. The highest BCUT2D eigenvalue weighted by molar-refractivity contribution is 7.09. The second kappa shape index (κ2) is 7.05. The van der Waals surface area contributed by atoms with E-state index in [1.807, 2.05) is 43.6 Å². The van der Waals surface area contributed by atoms with Crippen LogP contribution in [-0.2, 0) is 24.1 Å². The third-order valence-electron chi connectivity index (χ3n) is 4.75. The summed E-state index contributed by atoms with van der Waals surface area (Å²) in [7, 11) is 0. The topological polar surface area (TPSA) is 79.9 Å². The van der Waals surface area contributed by atoms with Gasteiger partial charge in [0, 0.05) is 40.6 Å². The van der Waals surface area contributed by atoms with Crippen molar-refractivity contribution in [1.82, 2.24) is 14.9 Å². The Balaban J connectivity index is 1.69. The van der Waals surface area contributed by atoms with Crippen LogP contribution in [-0.4, -0.2) is 27.8 Å². The number of nitrogens with one attached hydrogen (secondary N) is 1. The number of alkyl carbamates (subject to hydrolysis) is 1. The van der Waals surface area contributed by atoms with Crippen LogP contribution < -0.4 is 5.32 Å². The number of amides is 1. The van der Waals surface area contributed by atoms with Crippen LogP contribution in [0.1, 0.15) is 35.7 Å². The van der Waals surface area contributed by atoms with E-state index in [1.54, 1.807) is 11.3 Å². The van der Waals surface area contributed by atoms with Gasteiger partial charge in [-0.1, -0.05) is 0 Å². The van der Waals surface area contributed by atoms with Crippen molar-refractivity contribution in [2.75, 3.05) is 0 Å². The fraction of sp³-hybridized carbons (Fsp3) is 0.350. The first kappa shape index (κ1) is 17.6. The molecule has 3 aromatic rings. The van der Waals surface area contributed by atoms with Crippen LogP contribution in [0, 0.1) is 11.3 Å². The van der Waals surface area contributed by atoms with Crippen LogP contribution in [0.2, 0.25) is 0 Å². The largest absolute Gasteiger partial charge is 0.447 e. The lowest BCUT2D eigenvalue weighted by Crippen LogP contribution is -2.37. The Morgan fingerprint density at radius 1 is 1.48 bits per heavy atom. The highest BCUT2D eigenvalue weighted by Crippen LogP contribution is 2.34. The summed E-state index contributed by atoms with van der Waals surface area (Å²) in [6, 6.07) is 8.03. The summed E-state index contributed by atoms with van der Waals surface area (Å²) in [5.41, 5.74) is 4.16. The molecule has 0 saturated heterocycles. The molecule has 0 radical (unpaired) electrons. The highest BCUT2D eigenvalue weighted by Gasteiger charge is 2.30. The number of nitriles is 1. The number of benzene rings is 1. The number of carbonyl (C=O) groups is 1.